The first-order chi connectivity index (χ1) is 11.5. The van der Waals surface area contributed by atoms with Gasteiger partial charge in [-0.15, -0.1) is 0 Å². The van der Waals surface area contributed by atoms with Gasteiger partial charge in [-0.05, 0) is 19.0 Å². The highest BCUT2D eigenvalue weighted by Crippen LogP contribution is 2.42. The molecule has 24 heavy (non-hydrogen) atoms. The number of hydrogen-bond acceptors (Lipinski definition) is 3. The summed E-state index contributed by atoms with van der Waals surface area (Å²) in [6.07, 6.45) is 3.38. The highest BCUT2D eigenvalue weighted by molar-refractivity contribution is 6.37. The SMILES string of the molecule is Fc1cc(F)c(Cl)c(O[C@H](c2cncc(Cl)c2)[C@H]2CCNC2)c1Cl. The molecular formula is C16H13Cl3F2N2O. The molecule has 3 nitrogen and oxygen atoms in total. The van der Waals surface area contributed by atoms with Gasteiger partial charge in [-0.1, -0.05) is 34.8 Å². The Morgan fingerprint density at radius 1 is 1.12 bits per heavy atom. The maximum Gasteiger partial charge on any atom is 0.163 e. The zero-order valence-electron chi connectivity index (χ0n) is 12.3. The molecule has 3 rings (SSSR count). The summed E-state index contributed by atoms with van der Waals surface area (Å²) in [6, 6.07) is 2.33. The lowest BCUT2D eigenvalue weighted by Crippen LogP contribution is -2.22. The van der Waals surface area contributed by atoms with Gasteiger partial charge in [-0.2, -0.15) is 0 Å². The van der Waals surface area contributed by atoms with Gasteiger partial charge in [-0.3, -0.25) is 4.98 Å². The molecule has 1 aliphatic heterocycles. The quantitative estimate of drug-likeness (QED) is 0.738. The first-order valence-electron chi connectivity index (χ1n) is 7.28. The summed E-state index contributed by atoms with van der Waals surface area (Å²) in [7, 11) is 0. The maximum atomic E-state index is 13.8. The van der Waals surface area contributed by atoms with Crippen LogP contribution in [0.3, 0.4) is 0 Å². The van der Waals surface area contributed by atoms with Crippen LogP contribution in [-0.2, 0) is 0 Å². The number of rotatable bonds is 4. The molecule has 1 fully saturated rings. The summed E-state index contributed by atoms with van der Waals surface area (Å²) in [6.45, 7) is 1.50. The number of nitrogens with one attached hydrogen (secondary N) is 1. The molecule has 128 valence electrons. The third-order valence-electron chi connectivity index (χ3n) is 3.90. The van der Waals surface area contributed by atoms with Crippen molar-refractivity contribution in [1.82, 2.24) is 10.3 Å². The minimum absolute atomic E-state index is 0.0590. The highest BCUT2D eigenvalue weighted by atomic mass is 35.5. The Morgan fingerprint density at radius 3 is 2.42 bits per heavy atom. The van der Waals surface area contributed by atoms with Crippen LogP contribution in [0, 0.1) is 17.6 Å². The Balaban J connectivity index is 2.02. The predicted molar refractivity (Wildman–Crippen MR) is 90.0 cm³/mol. The first-order valence-corrected chi connectivity index (χ1v) is 8.41. The number of nitrogens with zero attached hydrogens (tertiary/aromatic N) is 1. The lowest BCUT2D eigenvalue weighted by atomic mass is 9.96. The molecule has 1 aliphatic rings. The van der Waals surface area contributed by atoms with Crippen molar-refractivity contribution in [3.05, 3.63) is 56.8 Å². The predicted octanol–water partition coefficient (Wildman–Crippen LogP) is 5.05. The summed E-state index contributed by atoms with van der Waals surface area (Å²) < 4.78 is 33.4. The average Bonchev–Trinajstić information content (AvgIpc) is 3.07. The molecule has 8 heteroatoms. The van der Waals surface area contributed by atoms with E-state index in [1.807, 2.05) is 0 Å². The summed E-state index contributed by atoms with van der Waals surface area (Å²) in [4.78, 5) is 4.05. The Labute approximate surface area is 152 Å². The highest BCUT2D eigenvalue weighted by Gasteiger charge is 2.31. The lowest BCUT2D eigenvalue weighted by molar-refractivity contribution is 0.143. The second kappa shape index (κ2) is 7.40. The molecule has 0 spiro atoms. The largest absolute Gasteiger partial charge is 0.482 e. The summed E-state index contributed by atoms with van der Waals surface area (Å²) in [5.41, 5.74) is 0.688. The molecule has 2 aromatic rings. The summed E-state index contributed by atoms with van der Waals surface area (Å²) in [5, 5.41) is 2.96. The molecule has 2 heterocycles. The molecule has 1 aromatic heterocycles. The first kappa shape index (κ1) is 17.7. The standard InChI is InChI=1S/C16H13Cl3F2N2O/c17-10-3-9(6-23-7-10)15(8-1-2-22-5-8)24-16-13(18)11(20)4-12(21)14(16)19/h3-4,6-8,15,22H,1-2,5H2/t8-,15-/m0/s1. The van der Waals surface area contributed by atoms with Crippen LogP contribution in [0.15, 0.2) is 24.5 Å². The van der Waals surface area contributed by atoms with Gasteiger partial charge < -0.3 is 10.1 Å². The molecule has 1 saturated heterocycles. The normalized spacial score (nSPS) is 18.6. The monoisotopic (exact) mass is 392 g/mol. The zero-order chi connectivity index (χ0) is 17.3. The average molecular weight is 394 g/mol. The van der Waals surface area contributed by atoms with E-state index < -0.39 is 17.7 Å². The molecule has 0 aliphatic carbocycles. The van der Waals surface area contributed by atoms with Crippen LogP contribution in [-0.4, -0.2) is 18.1 Å². The Kier molecular flexibility index (Phi) is 5.45. The van der Waals surface area contributed by atoms with Gasteiger partial charge in [0.1, 0.15) is 27.8 Å². The Hall–Kier alpha value is -1.14. The summed E-state index contributed by atoms with van der Waals surface area (Å²) in [5.74, 6) is -2.02. The van der Waals surface area contributed by atoms with E-state index in [9.17, 15) is 8.78 Å². The van der Waals surface area contributed by atoms with Gasteiger partial charge >= 0.3 is 0 Å². The number of halogens is 5. The molecular weight excluding hydrogens is 381 g/mol. The molecule has 2 atom stereocenters. The van der Waals surface area contributed by atoms with Crippen LogP contribution >= 0.6 is 34.8 Å². The van der Waals surface area contributed by atoms with Crippen molar-refractivity contribution in [2.45, 2.75) is 12.5 Å². The van der Waals surface area contributed by atoms with Crippen LogP contribution in [0.4, 0.5) is 8.78 Å². The van der Waals surface area contributed by atoms with E-state index in [1.165, 1.54) is 6.20 Å². The van der Waals surface area contributed by atoms with Crippen molar-refractivity contribution >= 4 is 34.8 Å². The van der Waals surface area contributed by atoms with Crippen LogP contribution in [0.5, 0.6) is 5.75 Å². The van der Waals surface area contributed by atoms with Gasteiger partial charge in [0.2, 0.25) is 0 Å². The van der Waals surface area contributed by atoms with Crippen molar-refractivity contribution in [2.24, 2.45) is 5.92 Å². The number of pyridine rings is 1. The van der Waals surface area contributed by atoms with Gasteiger partial charge in [0.15, 0.2) is 5.75 Å². The molecule has 0 unspecified atom stereocenters. The van der Waals surface area contributed by atoms with Crippen molar-refractivity contribution in [1.29, 1.82) is 0 Å². The molecule has 1 N–H and O–H groups in total. The molecule has 0 amide bonds. The molecule has 0 radical (unpaired) electrons. The van der Waals surface area contributed by atoms with Crippen LogP contribution < -0.4 is 10.1 Å². The topological polar surface area (TPSA) is 34.1 Å². The number of ether oxygens (including phenoxy) is 1. The Morgan fingerprint density at radius 2 is 1.83 bits per heavy atom. The second-order valence-electron chi connectivity index (χ2n) is 5.53. The van der Waals surface area contributed by atoms with Crippen LogP contribution in [0.2, 0.25) is 15.1 Å². The number of hydrogen-bond donors (Lipinski definition) is 1. The van der Waals surface area contributed by atoms with Gasteiger partial charge in [0.25, 0.3) is 0 Å². The third-order valence-corrected chi connectivity index (χ3v) is 4.81. The van der Waals surface area contributed by atoms with E-state index in [0.29, 0.717) is 23.2 Å². The minimum Gasteiger partial charge on any atom is -0.482 e. The second-order valence-corrected chi connectivity index (χ2v) is 6.72. The fraction of sp³-hybridized carbons (Fsp3) is 0.312. The van der Waals surface area contributed by atoms with Crippen molar-refractivity contribution < 1.29 is 13.5 Å². The number of aromatic nitrogens is 1. The van der Waals surface area contributed by atoms with E-state index in [2.05, 4.69) is 10.3 Å². The third kappa shape index (κ3) is 3.59. The Bertz CT molecular complexity index is 728. The van der Waals surface area contributed by atoms with Gasteiger partial charge in [-0.25, -0.2) is 8.78 Å². The van der Waals surface area contributed by atoms with E-state index in [0.717, 1.165) is 13.0 Å². The maximum absolute atomic E-state index is 13.8. The lowest BCUT2D eigenvalue weighted by Gasteiger charge is -2.26. The van der Waals surface area contributed by atoms with Gasteiger partial charge in [0.05, 0.1) is 5.02 Å². The molecule has 0 bridgehead atoms. The van der Waals surface area contributed by atoms with E-state index in [1.54, 1.807) is 12.3 Å². The van der Waals surface area contributed by atoms with Gasteiger partial charge in [0, 0.05) is 36.5 Å². The van der Waals surface area contributed by atoms with Crippen molar-refractivity contribution in [3.63, 3.8) is 0 Å². The fourth-order valence-electron chi connectivity index (χ4n) is 2.74. The van der Waals surface area contributed by atoms with Crippen LogP contribution in [0.1, 0.15) is 18.1 Å². The molecule has 0 saturated carbocycles. The zero-order valence-corrected chi connectivity index (χ0v) is 14.6. The smallest absolute Gasteiger partial charge is 0.163 e. The van der Waals surface area contributed by atoms with Crippen molar-refractivity contribution in [3.8, 4) is 5.75 Å². The number of benzene rings is 1. The van der Waals surface area contributed by atoms with Crippen LogP contribution in [0.25, 0.3) is 0 Å². The fourth-order valence-corrected chi connectivity index (χ4v) is 3.36. The van der Waals surface area contributed by atoms with Crippen molar-refractivity contribution in [2.75, 3.05) is 13.1 Å². The minimum atomic E-state index is -0.930. The van der Waals surface area contributed by atoms with E-state index in [-0.39, 0.29) is 21.7 Å². The van der Waals surface area contributed by atoms with E-state index in [4.69, 9.17) is 39.5 Å². The molecule has 1 aromatic carbocycles. The van der Waals surface area contributed by atoms with E-state index >= 15 is 0 Å². The summed E-state index contributed by atoms with van der Waals surface area (Å²) >= 11 is 17.9.